The van der Waals surface area contributed by atoms with Crippen LogP contribution in [0.3, 0.4) is 0 Å². The van der Waals surface area contributed by atoms with Crippen molar-refractivity contribution in [2.24, 2.45) is 0 Å². The fourth-order valence-electron chi connectivity index (χ4n) is 1.93. The molecule has 1 fully saturated rings. The van der Waals surface area contributed by atoms with Crippen molar-refractivity contribution in [1.29, 1.82) is 0 Å². The molecule has 0 saturated carbocycles. The van der Waals surface area contributed by atoms with Crippen LogP contribution in [0, 0.1) is 0 Å². The molecule has 0 aliphatic carbocycles. The van der Waals surface area contributed by atoms with Crippen LogP contribution < -0.4 is 0 Å². The predicted octanol–water partition coefficient (Wildman–Crippen LogP) is -1.32. The number of carboxylic acid groups (broad SMARTS) is 1. The van der Waals surface area contributed by atoms with Crippen LogP contribution in [-0.2, 0) is 9.59 Å². The summed E-state index contributed by atoms with van der Waals surface area (Å²) in [4.78, 5) is 24.2. The highest BCUT2D eigenvalue weighted by molar-refractivity contribution is 5.96. The van der Waals surface area contributed by atoms with E-state index >= 15 is 0 Å². The first-order valence-corrected chi connectivity index (χ1v) is 5.16. The molecule has 18 heavy (non-hydrogen) atoms. The second kappa shape index (κ2) is 4.00. The molecule has 8 nitrogen and oxygen atoms in total. The van der Waals surface area contributed by atoms with Gasteiger partial charge < -0.3 is 20.2 Å². The zero-order chi connectivity index (χ0) is 13.6. The Balaban J connectivity index is 2.51. The van der Waals surface area contributed by atoms with E-state index in [1.165, 1.54) is 9.91 Å². The van der Waals surface area contributed by atoms with E-state index in [0.717, 1.165) is 6.20 Å². The molecule has 2 aliphatic heterocycles. The highest BCUT2D eigenvalue weighted by Gasteiger charge is 2.40. The lowest BCUT2D eigenvalue weighted by molar-refractivity contribution is -0.143. The maximum absolute atomic E-state index is 11.9. The summed E-state index contributed by atoms with van der Waals surface area (Å²) in [6, 6.07) is 0. The summed E-state index contributed by atoms with van der Waals surface area (Å²) in [7, 11) is 3.17. The van der Waals surface area contributed by atoms with E-state index in [9.17, 15) is 19.8 Å². The number of aliphatic carboxylic acids is 1. The second-order valence-electron chi connectivity index (χ2n) is 4.17. The normalized spacial score (nSPS) is 25.2. The molecule has 1 saturated heterocycles. The zero-order valence-corrected chi connectivity index (χ0v) is 9.86. The highest BCUT2D eigenvalue weighted by atomic mass is 16.4. The largest absolute Gasteiger partial charge is 0.507 e. The molecular weight excluding hydrogens is 242 g/mol. The topological polar surface area (TPSA) is 105 Å². The van der Waals surface area contributed by atoms with Crippen molar-refractivity contribution in [2.75, 3.05) is 20.8 Å². The van der Waals surface area contributed by atoms with Crippen LogP contribution in [0.4, 0.5) is 0 Å². The summed E-state index contributed by atoms with van der Waals surface area (Å²) in [5.41, 5.74) is -0.524. The van der Waals surface area contributed by atoms with Gasteiger partial charge in [-0.2, -0.15) is 5.01 Å². The maximum atomic E-state index is 11.9. The number of hydrazine groups is 1. The van der Waals surface area contributed by atoms with Crippen molar-refractivity contribution in [3.8, 4) is 0 Å². The van der Waals surface area contributed by atoms with Crippen molar-refractivity contribution in [3.05, 3.63) is 23.2 Å². The molecule has 0 aromatic rings. The van der Waals surface area contributed by atoms with Crippen LogP contribution in [0.2, 0.25) is 0 Å². The number of hydrogen-bond acceptors (Lipinski definition) is 6. The van der Waals surface area contributed by atoms with Gasteiger partial charge in [-0.1, -0.05) is 0 Å². The maximum Gasteiger partial charge on any atom is 0.336 e. The van der Waals surface area contributed by atoms with Gasteiger partial charge in [-0.05, 0) is 0 Å². The summed E-state index contributed by atoms with van der Waals surface area (Å²) < 4.78 is 0. The van der Waals surface area contributed by atoms with Crippen molar-refractivity contribution < 1.29 is 24.9 Å². The first-order valence-electron chi connectivity index (χ1n) is 5.16. The molecule has 2 rings (SSSR count). The molecule has 1 unspecified atom stereocenters. The van der Waals surface area contributed by atoms with E-state index < -0.39 is 23.7 Å². The van der Waals surface area contributed by atoms with Crippen molar-refractivity contribution in [3.63, 3.8) is 0 Å². The van der Waals surface area contributed by atoms with Crippen molar-refractivity contribution in [1.82, 2.24) is 14.9 Å². The van der Waals surface area contributed by atoms with E-state index in [0.29, 0.717) is 0 Å². The number of hydrogen-bond donors (Lipinski definition) is 3. The van der Waals surface area contributed by atoms with Crippen molar-refractivity contribution >= 4 is 11.9 Å². The lowest BCUT2D eigenvalue weighted by atomic mass is 10.0. The summed E-state index contributed by atoms with van der Waals surface area (Å²) in [5, 5.41) is 31.2. The lowest BCUT2D eigenvalue weighted by Gasteiger charge is -2.43. The Morgan fingerprint density at radius 1 is 1.44 bits per heavy atom. The van der Waals surface area contributed by atoms with Crippen LogP contribution >= 0.6 is 0 Å². The van der Waals surface area contributed by atoms with Crippen LogP contribution in [0.1, 0.15) is 0 Å². The van der Waals surface area contributed by atoms with Crippen molar-refractivity contribution in [2.45, 2.75) is 6.10 Å². The van der Waals surface area contributed by atoms with Gasteiger partial charge >= 0.3 is 5.97 Å². The number of aliphatic hydroxyl groups is 2. The predicted molar refractivity (Wildman–Crippen MR) is 58.6 cm³/mol. The molecule has 1 atom stereocenters. The van der Waals surface area contributed by atoms with E-state index in [4.69, 9.17) is 5.11 Å². The smallest absolute Gasteiger partial charge is 0.336 e. The van der Waals surface area contributed by atoms with Gasteiger partial charge in [-0.15, -0.1) is 0 Å². The molecule has 0 aromatic heterocycles. The van der Waals surface area contributed by atoms with E-state index in [2.05, 4.69) is 0 Å². The first kappa shape index (κ1) is 12.4. The highest BCUT2D eigenvalue weighted by Crippen LogP contribution is 2.29. The summed E-state index contributed by atoms with van der Waals surface area (Å²) in [6.07, 6.45) is -0.565. The number of amides is 1. The van der Waals surface area contributed by atoms with Crippen LogP contribution in [0.25, 0.3) is 0 Å². The lowest BCUT2D eigenvalue weighted by Crippen LogP contribution is -2.55. The zero-order valence-electron chi connectivity index (χ0n) is 9.86. The Kier molecular flexibility index (Phi) is 2.76. The van der Waals surface area contributed by atoms with Gasteiger partial charge in [-0.3, -0.25) is 9.80 Å². The standard InChI is InChI=1S/C10H13N3O5/c1-11-4-12(2)13-3-5(10(17)18)7(14)8(15)6(13)9(11)16/h3,7,14-15H,4H2,1-2H3,(H,17,18). The number of carbonyl (C=O) groups excluding carboxylic acids is 1. The molecule has 8 heteroatoms. The van der Waals surface area contributed by atoms with E-state index in [-0.39, 0.29) is 17.9 Å². The molecule has 98 valence electrons. The van der Waals surface area contributed by atoms with Crippen LogP contribution in [-0.4, -0.2) is 69.0 Å². The second-order valence-corrected chi connectivity index (χ2v) is 4.17. The summed E-state index contributed by atoms with van der Waals surface area (Å²) in [6.45, 7) is 0.245. The minimum absolute atomic E-state index is 0.135. The molecule has 2 heterocycles. The van der Waals surface area contributed by atoms with E-state index in [1.54, 1.807) is 19.1 Å². The van der Waals surface area contributed by atoms with Gasteiger partial charge in [0, 0.05) is 20.3 Å². The summed E-state index contributed by atoms with van der Waals surface area (Å²) in [5.74, 6) is -2.49. The quantitative estimate of drug-likeness (QED) is 0.533. The Bertz CT molecular complexity index is 484. The Morgan fingerprint density at radius 2 is 2.06 bits per heavy atom. The molecule has 0 spiro atoms. The average Bonchev–Trinajstić information content (AvgIpc) is 2.29. The van der Waals surface area contributed by atoms with Gasteiger partial charge in [0.25, 0.3) is 5.91 Å². The Hall–Kier alpha value is -2.06. The number of rotatable bonds is 1. The number of likely N-dealkylation sites (N-methyl/N-ethyl adjacent to an activating group) is 1. The van der Waals surface area contributed by atoms with Gasteiger partial charge in [0.05, 0.1) is 12.2 Å². The monoisotopic (exact) mass is 255 g/mol. The van der Waals surface area contributed by atoms with Gasteiger partial charge in [0.1, 0.15) is 6.10 Å². The molecule has 1 amide bonds. The number of carboxylic acids is 1. The van der Waals surface area contributed by atoms with Gasteiger partial charge in [-0.25, -0.2) is 4.79 Å². The number of carbonyl (C=O) groups is 2. The number of aliphatic hydroxyl groups excluding tert-OH is 2. The molecule has 0 aromatic carbocycles. The third kappa shape index (κ3) is 1.62. The molecule has 0 bridgehead atoms. The Morgan fingerprint density at radius 3 is 2.61 bits per heavy atom. The molecule has 3 N–H and O–H groups in total. The fraction of sp³-hybridized carbons (Fsp3) is 0.400. The SMILES string of the molecule is CN1CN(C)N2C=C(C(=O)O)C(O)C(O)=C2C1=O. The summed E-state index contributed by atoms with van der Waals surface area (Å²) >= 11 is 0. The fourth-order valence-corrected chi connectivity index (χ4v) is 1.93. The van der Waals surface area contributed by atoms with Crippen LogP contribution in [0.15, 0.2) is 23.2 Å². The molecule has 2 aliphatic rings. The average molecular weight is 255 g/mol. The third-order valence-corrected chi connectivity index (χ3v) is 2.87. The van der Waals surface area contributed by atoms with Gasteiger partial charge in [0.2, 0.25) is 0 Å². The Labute approximate surface area is 103 Å². The number of nitrogens with zero attached hydrogens (tertiary/aromatic N) is 3. The van der Waals surface area contributed by atoms with Crippen LogP contribution in [0.5, 0.6) is 0 Å². The minimum atomic E-state index is -1.70. The minimum Gasteiger partial charge on any atom is -0.507 e. The third-order valence-electron chi connectivity index (χ3n) is 2.87. The number of fused-ring (bicyclic) bond motifs is 1. The molecular formula is C10H13N3O5. The van der Waals surface area contributed by atoms with E-state index in [1.807, 2.05) is 0 Å². The first-order chi connectivity index (χ1) is 8.34. The van der Waals surface area contributed by atoms with Gasteiger partial charge in [0.15, 0.2) is 11.5 Å². The molecule has 0 radical (unpaired) electrons.